The Hall–Kier alpha value is -1.83. The SMILES string of the molecule is O=C(NCc1ccco1)NC[C@H](c1cccs1)N1CCOCC1. The predicted molar refractivity (Wildman–Crippen MR) is 88.4 cm³/mol. The number of thiophene rings is 1. The molecule has 0 saturated carbocycles. The Morgan fingerprint density at radius 3 is 2.83 bits per heavy atom. The van der Waals surface area contributed by atoms with Crippen LogP contribution in [0.25, 0.3) is 0 Å². The molecule has 23 heavy (non-hydrogen) atoms. The number of carbonyl (C=O) groups is 1. The van der Waals surface area contributed by atoms with Crippen LogP contribution in [-0.2, 0) is 11.3 Å². The Balaban J connectivity index is 1.52. The summed E-state index contributed by atoms with van der Waals surface area (Å²) in [6.45, 7) is 4.22. The molecule has 0 bridgehead atoms. The monoisotopic (exact) mass is 335 g/mol. The first-order chi connectivity index (χ1) is 11.3. The molecule has 7 heteroatoms. The van der Waals surface area contributed by atoms with Crippen molar-refractivity contribution in [3.63, 3.8) is 0 Å². The van der Waals surface area contributed by atoms with E-state index >= 15 is 0 Å². The molecule has 124 valence electrons. The van der Waals surface area contributed by atoms with E-state index in [1.165, 1.54) is 4.88 Å². The van der Waals surface area contributed by atoms with Crippen LogP contribution in [0.3, 0.4) is 0 Å². The normalized spacial score (nSPS) is 16.9. The van der Waals surface area contributed by atoms with Crippen LogP contribution in [0, 0.1) is 0 Å². The minimum atomic E-state index is -0.184. The van der Waals surface area contributed by atoms with E-state index in [0.29, 0.717) is 13.1 Å². The second kappa shape index (κ2) is 8.14. The summed E-state index contributed by atoms with van der Waals surface area (Å²) in [5.41, 5.74) is 0. The molecule has 1 fully saturated rings. The van der Waals surface area contributed by atoms with Gasteiger partial charge in [-0.1, -0.05) is 6.07 Å². The minimum Gasteiger partial charge on any atom is -0.467 e. The molecule has 1 atom stereocenters. The number of nitrogens with one attached hydrogen (secondary N) is 2. The number of rotatable bonds is 6. The highest BCUT2D eigenvalue weighted by Crippen LogP contribution is 2.25. The predicted octanol–water partition coefficient (Wildman–Crippen LogP) is 2.21. The summed E-state index contributed by atoms with van der Waals surface area (Å²) in [5.74, 6) is 0.739. The van der Waals surface area contributed by atoms with Gasteiger partial charge in [-0.2, -0.15) is 0 Å². The number of hydrogen-bond donors (Lipinski definition) is 2. The van der Waals surface area contributed by atoms with Crippen LogP contribution < -0.4 is 10.6 Å². The second-order valence-corrected chi connectivity index (χ2v) is 6.30. The lowest BCUT2D eigenvalue weighted by molar-refractivity contribution is 0.0174. The van der Waals surface area contributed by atoms with Crippen molar-refractivity contribution in [2.24, 2.45) is 0 Å². The third-order valence-electron chi connectivity index (χ3n) is 3.82. The Kier molecular flexibility index (Phi) is 5.68. The van der Waals surface area contributed by atoms with E-state index in [1.807, 2.05) is 12.1 Å². The zero-order valence-corrected chi connectivity index (χ0v) is 13.7. The molecule has 6 nitrogen and oxygen atoms in total. The number of ether oxygens (including phenoxy) is 1. The van der Waals surface area contributed by atoms with Gasteiger partial charge in [-0.15, -0.1) is 11.3 Å². The lowest BCUT2D eigenvalue weighted by atomic mass is 10.2. The number of furan rings is 1. The van der Waals surface area contributed by atoms with Crippen molar-refractivity contribution in [2.45, 2.75) is 12.6 Å². The summed E-state index contributed by atoms with van der Waals surface area (Å²) in [6.07, 6.45) is 1.60. The van der Waals surface area contributed by atoms with Gasteiger partial charge in [0.1, 0.15) is 5.76 Å². The number of hydrogen-bond acceptors (Lipinski definition) is 5. The van der Waals surface area contributed by atoms with Gasteiger partial charge in [-0.25, -0.2) is 4.79 Å². The van der Waals surface area contributed by atoms with Gasteiger partial charge in [0.25, 0.3) is 0 Å². The van der Waals surface area contributed by atoms with Gasteiger partial charge >= 0.3 is 6.03 Å². The van der Waals surface area contributed by atoms with Crippen molar-refractivity contribution in [3.8, 4) is 0 Å². The van der Waals surface area contributed by atoms with Crippen molar-refractivity contribution < 1.29 is 13.9 Å². The summed E-state index contributed by atoms with van der Waals surface area (Å²) in [5, 5.41) is 7.84. The fourth-order valence-electron chi connectivity index (χ4n) is 2.61. The average molecular weight is 335 g/mol. The van der Waals surface area contributed by atoms with Crippen molar-refractivity contribution >= 4 is 17.4 Å². The minimum absolute atomic E-state index is 0.184. The lowest BCUT2D eigenvalue weighted by Gasteiger charge is -2.34. The van der Waals surface area contributed by atoms with Crippen molar-refractivity contribution in [2.75, 3.05) is 32.8 Å². The maximum absolute atomic E-state index is 12.0. The maximum Gasteiger partial charge on any atom is 0.315 e. The van der Waals surface area contributed by atoms with Crippen LogP contribution in [-0.4, -0.2) is 43.8 Å². The van der Waals surface area contributed by atoms with Crippen molar-refractivity contribution in [1.82, 2.24) is 15.5 Å². The van der Waals surface area contributed by atoms with E-state index < -0.39 is 0 Å². The van der Waals surface area contributed by atoms with E-state index in [9.17, 15) is 4.79 Å². The molecule has 0 unspecified atom stereocenters. The molecule has 1 aliphatic rings. The van der Waals surface area contributed by atoms with Gasteiger partial charge in [0.2, 0.25) is 0 Å². The maximum atomic E-state index is 12.0. The third-order valence-corrected chi connectivity index (χ3v) is 4.79. The molecule has 2 amide bonds. The second-order valence-electron chi connectivity index (χ2n) is 5.32. The zero-order chi connectivity index (χ0) is 15.9. The van der Waals surface area contributed by atoms with Gasteiger partial charge in [0.15, 0.2) is 0 Å². The van der Waals surface area contributed by atoms with Crippen molar-refractivity contribution in [1.29, 1.82) is 0 Å². The molecular weight excluding hydrogens is 314 g/mol. The van der Waals surface area contributed by atoms with E-state index in [-0.39, 0.29) is 12.1 Å². The quantitative estimate of drug-likeness (QED) is 0.849. The lowest BCUT2D eigenvalue weighted by Crippen LogP contribution is -2.45. The topological polar surface area (TPSA) is 66.7 Å². The standard InChI is InChI=1S/C16H21N3O3S/c20-16(17-11-13-3-1-7-22-13)18-12-14(15-4-2-10-23-15)19-5-8-21-9-6-19/h1-4,7,10,14H,5-6,8-9,11-12H2,(H2,17,18,20)/t14-/m1/s1. The summed E-state index contributed by atoms with van der Waals surface area (Å²) in [7, 11) is 0. The molecule has 0 radical (unpaired) electrons. The highest BCUT2D eigenvalue weighted by molar-refractivity contribution is 7.10. The molecule has 0 spiro atoms. The fraction of sp³-hybridized carbons (Fsp3) is 0.438. The van der Waals surface area contributed by atoms with Crippen molar-refractivity contribution in [3.05, 3.63) is 46.5 Å². The highest BCUT2D eigenvalue weighted by atomic mass is 32.1. The Labute approximate surface area is 139 Å². The number of urea groups is 1. The first-order valence-electron chi connectivity index (χ1n) is 7.72. The third kappa shape index (κ3) is 4.57. The van der Waals surface area contributed by atoms with E-state index in [1.54, 1.807) is 23.7 Å². The Bertz CT molecular complexity index is 580. The first kappa shape index (κ1) is 16.0. The number of amides is 2. The first-order valence-corrected chi connectivity index (χ1v) is 8.60. The largest absolute Gasteiger partial charge is 0.467 e. The van der Waals surface area contributed by atoms with Crippen LogP contribution in [0.15, 0.2) is 40.3 Å². The number of carbonyl (C=O) groups excluding carboxylic acids is 1. The number of nitrogens with zero attached hydrogens (tertiary/aromatic N) is 1. The summed E-state index contributed by atoms with van der Waals surface area (Å²) in [4.78, 5) is 15.6. The Morgan fingerprint density at radius 1 is 1.26 bits per heavy atom. The summed E-state index contributed by atoms with van der Waals surface area (Å²) < 4.78 is 10.6. The van der Waals surface area contributed by atoms with Crippen LogP contribution in [0.4, 0.5) is 4.79 Å². The molecular formula is C16H21N3O3S. The molecule has 2 aromatic heterocycles. The molecule has 0 aromatic carbocycles. The van der Waals surface area contributed by atoms with Crippen LogP contribution >= 0.6 is 11.3 Å². The summed E-state index contributed by atoms with van der Waals surface area (Å²) >= 11 is 1.72. The van der Waals surface area contributed by atoms with Crippen LogP contribution in [0.2, 0.25) is 0 Å². The van der Waals surface area contributed by atoms with Gasteiger partial charge in [0, 0.05) is 24.5 Å². The molecule has 1 saturated heterocycles. The van der Waals surface area contributed by atoms with E-state index in [0.717, 1.165) is 32.1 Å². The summed E-state index contributed by atoms with van der Waals surface area (Å²) in [6, 6.07) is 7.81. The van der Waals surface area contributed by atoms with Crippen LogP contribution in [0.5, 0.6) is 0 Å². The number of morpholine rings is 1. The van der Waals surface area contributed by atoms with Gasteiger partial charge in [-0.3, -0.25) is 4.90 Å². The fourth-order valence-corrected chi connectivity index (χ4v) is 3.47. The molecule has 2 N–H and O–H groups in total. The smallest absolute Gasteiger partial charge is 0.315 e. The molecule has 3 heterocycles. The van der Waals surface area contributed by atoms with Gasteiger partial charge < -0.3 is 19.8 Å². The Morgan fingerprint density at radius 2 is 2.13 bits per heavy atom. The van der Waals surface area contributed by atoms with E-state index in [4.69, 9.17) is 9.15 Å². The highest BCUT2D eigenvalue weighted by Gasteiger charge is 2.23. The van der Waals surface area contributed by atoms with Gasteiger partial charge in [-0.05, 0) is 23.6 Å². The molecule has 2 aromatic rings. The van der Waals surface area contributed by atoms with E-state index in [2.05, 4.69) is 27.0 Å². The molecule has 3 rings (SSSR count). The molecule has 0 aliphatic carbocycles. The molecule has 1 aliphatic heterocycles. The average Bonchev–Trinajstić information content (AvgIpc) is 3.28. The van der Waals surface area contributed by atoms with Crippen LogP contribution in [0.1, 0.15) is 16.7 Å². The zero-order valence-electron chi connectivity index (χ0n) is 12.9. The van der Waals surface area contributed by atoms with Gasteiger partial charge in [0.05, 0.1) is 32.1 Å².